The maximum atomic E-state index is 11.9. The average Bonchev–Trinajstić information content (AvgIpc) is 3.03. The third-order valence-electron chi connectivity index (χ3n) is 4.71. The summed E-state index contributed by atoms with van der Waals surface area (Å²) in [7, 11) is 0. The molecule has 0 amide bonds. The van der Waals surface area contributed by atoms with Gasteiger partial charge in [-0.3, -0.25) is 4.90 Å². The van der Waals surface area contributed by atoms with Crippen LogP contribution in [0.25, 0.3) is 11.0 Å². The minimum atomic E-state index is -0.286. The predicted octanol–water partition coefficient (Wildman–Crippen LogP) is 4.89. The molecule has 1 aliphatic rings. The van der Waals surface area contributed by atoms with E-state index in [-0.39, 0.29) is 5.63 Å². The van der Waals surface area contributed by atoms with Gasteiger partial charge in [-0.05, 0) is 48.7 Å². The van der Waals surface area contributed by atoms with Crippen LogP contribution in [0.2, 0.25) is 0 Å². The standard InChI is InChI=1S/C20H18BrNO2/c21-16-8-9-17-15(11-20(23)24-19(17)12-16)13-22-10-4-7-18(22)14-5-2-1-3-6-14/h1-3,5-6,8-9,11-12,18H,4,7,10,13H2/t18-/m0/s1. The first kappa shape index (κ1) is 15.6. The molecule has 2 heterocycles. The number of benzene rings is 2. The largest absolute Gasteiger partial charge is 0.423 e. The van der Waals surface area contributed by atoms with Gasteiger partial charge < -0.3 is 4.42 Å². The number of hydrogen-bond acceptors (Lipinski definition) is 3. The normalized spacial score (nSPS) is 18.3. The van der Waals surface area contributed by atoms with Crippen molar-refractivity contribution in [3.63, 3.8) is 0 Å². The van der Waals surface area contributed by atoms with Crippen molar-refractivity contribution in [2.75, 3.05) is 6.54 Å². The molecule has 0 unspecified atom stereocenters. The summed E-state index contributed by atoms with van der Waals surface area (Å²) in [4.78, 5) is 14.4. The van der Waals surface area contributed by atoms with Gasteiger partial charge in [0.15, 0.2) is 0 Å². The van der Waals surface area contributed by atoms with Gasteiger partial charge in [-0.15, -0.1) is 0 Å². The number of hydrogen-bond donors (Lipinski definition) is 0. The smallest absolute Gasteiger partial charge is 0.336 e. The fourth-order valence-corrected chi connectivity index (χ4v) is 3.96. The Morgan fingerprint density at radius 2 is 1.96 bits per heavy atom. The lowest BCUT2D eigenvalue weighted by atomic mass is 10.0. The Morgan fingerprint density at radius 1 is 1.12 bits per heavy atom. The van der Waals surface area contributed by atoms with E-state index < -0.39 is 0 Å². The van der Waals surface area contributed by atoms with Gasteiger partial charge in [-0.25, -0.2) is 4.79 Å². The number of fused-ring (bicyclic) bond motifs is 1. The second-order valence-corrected chi connectivity index (χ2v) is 7.19. The summed E-state index contributed by atoms with van der Waals surface area (Å²) in [5, 5.41) is 1.01. The van der Waals surface area contributed by atoms with Crippen molar-refractivity contribution in [2.45, 2.75) is 25.4 Å². The number of nitrogens with zero attached hydrogens (tertiary/aromatic N) is 1. The molecule has 2 aromatic carbocycles. The van der Waals surface area contributed by atoms with Gasteiger partial charge in [0.2, 0.25) is 0 Å². The fourth-order valence-electron chi connectivity index (χ4n) is 3.62. The summed E-state index contributed by atoms with van der Waals surface area (Å²) >= 11 is 3.44. The highest BCUT2D eigenvalue weighted by Gasteiger charge is 2.26. The first-order chi connectivity index (χ1) is 11.7. The van der Waals surface area contributed by atoms with Crippen LogP contribution in [0.1, 0.15) is 30.0 Å². The summed E-state index contributed by atoms with van der Waals surface area (Å²) in [5.74, 6) is 0. The van der Waals surface area contributed by atoms with Gasteiger partial charge in [-0.1, -0.05) is 46.3 Å². The Labute approximate surface area is 149 Å². The maximum Gasteiger partial charge on any atom is 0.336 e. The topological polar surface area (TPSA) is 33.5 Å². The number of rotatable bonds is 3. The molecule has 122 valence electrons. The molecule has 1 saturated heterocycles. The molecule has 1 atom stereocenters. The highest BCUT2D eigenvalue weighted by Crippen LogP contribution is 2.34. The molecule has 3 aromatic rings. The lowest BCUT2D eigenvalue weighted by Gasteiger charge is -2.25. The lowest BCUT2D eigenvalue weighted by Crippen LogP contribution is -2.23. The number of likely N-dealkylation sites (tertiary alicyclic amines) is 1. The molecular formula is C20H18BrNO2. The van der Waals surface area contributed by atoms with E-state index in [1.807, 2.05) is 18.2 Å². The summed E-state index contributed by atoms with van der Waals surface area (Å²) < 4.78 is 6.27. The second kappa shape index (κ2) is 6.54. The third-order valence-corrected chi connectivity index (χ3v) is 5.21. The Bertz CT molecular complexity index is 920. The molecule has 0 N–H and O–H groups in total. The van der Waals surface area contributed by atoms with Crippen LogP contribution in [0, 0.1) is 0 Å². The van der Waals surface area contributed by atoms with Crippen LogP contribution >= 0.6 is 15.9 Å². The third kappa shape index (κ3) is 3.04. The Balaban J connectivity index is 1.70. The molecule has 1 fully saturated rings. The molecular weight excluding hydrogens is 366 g/mol. The van der Waals surface area contributed by atoms with E-state index >= 15 is 0 Å². The molecule has 4 rings (SSSR count). The van der Waals surface area contributed by atoms with Crippen molar-refractivity contribution >= 4 is 26.9 Å². The first-order valence-electron chi connectivity index (χ1n) is 8.22. The molecule has 0 bridgehead atoms. The van der Waals surface area contributed by atoms with Gasteiger partial charge in [0, 0.05) is 28.5 Å². The maximum absolute atomic E-state index is 11.9. The van der Waals surface area contributed by atoms with Crippen LogP contribution in [0.15, 0.2) is 68.3 Å². The van der Waals surface area contributed by atoms with Crippen LogP contribution in [0.3, 0.4) is 0 Å². The van der Waals surface area contributed by atoms with Crippen molar-refractivity contribution in [3.05, 3.63) is 80.6 Å². The molecule has 0 saturated carbocycles. The van der Waals surface area contributed by atoms with E-state index in [0.717, 1.165) is 34.9 Å². The van der Waals surface area contributed by atoms with Crippen molar-refractivity contribution in [2.24, 2.45) is 0 Å². The van der Waals surface area contributed by atoms with Crippen molar-refractivity contribution in [3.8, 4) is 0 Å². The minimum Gasteiger partial charge on any atom is -0.423 e. The summed E-state index contributed by atoms with van der Waals surface area (Å²) in [6.07, 6.45) is 2.35. The monoisotopic (exact) mass is 383 g/mol. The van der Waals surface area contributed by atoms with Gasteiger partial charge in [-0.2, -0.15) is 0 Å². The SMILES string of the molecule is O=c1cc(CN2CCC[C@H]2c2ccccc2)c2ccc(Br)cc2o1. The van der Waals surface area contributed by atoms with E-state index in [1.165, 1.54) is 12.0 Å². The van der Waals surface area contributed by atoms with Gasteiger partial charge in [0.1, 0.15) is 5.58 Å². The van der Waals surface area contributed by atoms with E-state index in [4.69, 9.17) is 4.42 Å². The number of halogens is 1. The van der Waals surface area contributed by atoms with Crippen LogP contribution in [-0.4, -0.2) is 11.4 Å². The van der Waals surface area contributed by atoms with Gasteiger partial charge in [0.25, 0.3) is 0 Å². The van der Waals surface area contributed by atoms with Crippen LogP contribution in [-0.2, 0) is 6.54 Å². The first-order valence-corrected chi connectivity index (χ1v) is 9.01. The van der Waals surface area contributed by atoms with Crippen LogP contribution < -0.4 is 5.63 Å². The van der Waals surface area contributed by atoms with Gasteiger partial charge >= 0.3 is 5.63 Å². The lowest BCUT2D eigenvalue weighted by molar-refractivity contribution is 0.249. The summed E-state index contributed by atoms with van der Waals surface area (Å²) in [5.41, 5.74) is 2.75. The van der Waals surface area contributed by atoms with E-state index in [1.54, 1.807) is 6.07 Å². The summed E-state index contributed by atoms with van der Waals surface area (Å²) in [6.45, 7) is 1.82. The highest BCUT2D eigenvalue weighted by molar-refractivity contribution is 9.10. The zero-order valence-electron chi connectivity index (χ0n) is 13.2. The molecule has 0 aliphatic carbocycles. The zero-order chi connectivity index (χ0) is 16.5. The summed E-state index contributed by atoms with van der Waals surface area (Å²) in [6, 6.07) is 18.5. The highest BCUT2D eigenvalue weighted by atomic mass is 79.9. The molecule has 24 heavy (non-hydrogen) atoms. The van der Waals surface area contributed by atoms with E-state index in [9.17, 15) is 4.79 Å². The molecule has 0 radical (unpaired) electrons. The quantitative estimate of drug-likeness (QED) is 0.603. The fraction of sp³-hybridized carbons (Fsp3) is 0.250. The van der Waals surface area contributed by atoms with Crippen molar-refractivity contribution in [1.82, 2.24) is 4.90 Å². The Kier molecular flexibility index (Phi) is 4.25. The van der Waals surface area contributed by atoms with E-state index in [0.29, 0.717) is 11.6 Å². The Morgan fingerprint density at radius 3 is 2.79 bits per heavy atom. The molecule has 4 heteroatoms. The Hall–Kier alpha value is -1.91. The van der Waals surface area contributed by atoms with Gasteiger partial charge in [0.05, 0.1) is 0 Å². The zero-order valence-corrected chi connectivity index (χ0v) is 14.8. The molecule has 0 spiro atoms. The van der Waals surface area contributed by atoms with Crippen LogP contribution in [0.5, 0.6) is 0 Å². The van der Waals surface area contributed by atoms with E-state index in [2.05, 4.69) is 51.2 Å². The van der Waals surface area contributed by atoms with Crippen molar-refractivity contribution in [1.29, 1.82) is 0 Å². The van der Waals surface area contributed by atoms with Crippen molar-refractivity contribution < 1.29 is 4.42 Å². The second-order valence-electron chi connectivity index (χ2n) is 6.27. The molecule has 1 aliphatic heterocycles. The molecule has 3 nitrogen and oxygen atoms in total. The molecule has 1 aromatic heterocycles. The minimum absolute atomic E-state index is 0.286. The predicted molar refractivity (Wildman–Crippen MR) is 99.0 cm³/mol. The average molecular weight is 384 g/mol. The van der Waals surface area contributed by atoms with Crippen LogP contribution in [0.4, 0.5) is 0 Å².